The highest BCUT2D eigenvalue weighted by Gasteiger charge is 2.29. The van der Waals surface area contributed by atoms with Gasteiger partial charge in [-0.15, -0.1) is 6.58 Å². The van der Waals surface area contributed by atoms with E-state index < -0.39 is 6.03 Å². The lowest BCUT2D eigenvalue weighted by atomic mass is 10.1. The SMILES string of the molecule is C=CCNC(=O)NC(=O)CN(Cc1ccc(C)cc1)C1CCc2ccccc21. The van der Waals surface area contributed by atoms with Gasteiger partial charge in [0.25, 0.3) is 0 Å². The molecule has 3 rings (SSSR count). The number of amides is 3. The van der Waals surface area contributed by atoms with Gasteiger partial charge in [-0.05, 0) is 36.5 Å². The molecule has 2 aromatic carbocycles. The topological polar surface area (TPSA) is 61.4 Å². The zero-order valence-corrected chi connectivity index (χ0v) is 16.3. The van der Waals surface area contributed by atoms with Crippen LogP contribution >= 0.6 is 0 Å². The number of hydrogen-bond donors (Lipinski definition) is 2. The minimum Gasteiger partial charge on any atom is -0.334 e. The van der Waals surface area contributed by atoms with Gasteiger partial charge in [-0.2, -0.15) is 0 Å². The number of imide groups is 1. The fourth-order valence-electron chi connectivity index (χ4n) is 3.68. The van der Waals surface area contributed by atoms with Gasteiger partial charge in [0.15, 0.2) is 0 Å². The van der Waals surface area contributed by atoms with Crippen molar-refractivity contribution in [2.45, 2.75) is 32.4 Å². The van der Waals surface area contributed by atoms with E-state index in [1.807, 2.05) is 6.07 Å². The molecule has 2 N–H and O–H groups in total. The van der Waals surface area contributed by atoms with Crippen LogP contribution in [0, 0.1) is 6.92 Å². The maximum absolute atomic E-state index is 12.5. The van der Waals surface area contributed by atoms with Gasteiger partial charge in [0, 0.05) is 19.1 Å². The third-order valence-electron chi connectivity index (χ3n) is 5.05. The lowest BCUT2D eigenvalue weighted by Gasteiger charge is -2.29. The van der Waals surface area contributed by atoms with Gasteiger partial charge in [-0.1, -0.05) is 60.2 Å². The van der Waals surface area contributed by atoms with Gasteiger partial charge in [-0.25, -0.2) is 4.79 Å². The van der Waals surface area contributed by atoms with E-state index in [2.05, 4.69) is 71.5 Å². The molecule has 5 nitrogen and oxygen atoms in total. The average Bonchev–Trinajstić information content (AvgIpc) is 3.11. The number of hydrogen-bond acceptors (Lipinski definition) is 3. The van der Waals surface area contributed by atoms with E-state index in [9.17, 15) is 9.59 Å². The summed E-state index contributed by atoms with van der Waals surface area (Å²) < 4.78 is 0. The molecule has 146 valence electrons. The summed E-state index contributed by atoms with van der Waals surface area (Å²) in [6, 6.07) is 16.4. The third kappa shape index (κ3) is 5.08. The molecule has 0 fully saturated rings. The van der Waals surface area contributed by atoms with E-state index in [-0.39, 0.29) is 18.5 Å². The maximum atomic E-state index is 12.5. The summed E-state index contributed by atoms with van der Waals surface area (Å²) >= 11 is 0. The first-order chi connectivity index (χ1) is 13.6. The van der Waals surface area contributed by atoms with Crippen molar-refractivity contribution >= 4 is 11.9 Å². The number of benzene rings is 2. The summed E-state index contributed by atoms with van der Waals surface area (Å²) in [7, 11) is 0. The standard InChI is InChI=1S/C23H27N3O2/c1-3-14-24-23(28)25-22(27)16-26(15-18-10-8-17(2)9-11-18)21-13-12-19-6-4-5-7-20(19)21/h3-11,21H,1,12-16H2,2H3,(H2,24,25,27,28). The molecule has 3 amide bonds. The largest absolute Gasteiger partial charge is 0.334 e. The maximum Gasteiger partial charge on any atom is 0.321 e. The number of urea groups is 1. The summed E-state index contributed by atoms with van der Waals surface area (Å²) in [6.45, 7) is 6.75. The van der Waals surface area contributed by atoms with Crippen molar-refractivity contribution in [3.63, 3.8) is 0 Å². The van der Waals surface area contributed by atoms with Crippen molar-refractivity contribution in [2.75, 3.05) is 13.1 Å². The molecular weight excluding hydrogens is 350 g/mol. The molecule has 0 aromatic heterocycles. The Morgan fingerprint density at radius 3 is 2.68 bits per heavy atom. The Morgan fingerprint density at radius 1 is 1.18 bits per heavy atom. The van der Waals surface area contributed by atoms with E-state index in [1.54, 1.807) is 6.08 Å². The number of carbonyl (C=O) groups is 2. The van der Waals surface area contributed by atoms with Crippen LogP contribution in [0.25, 0.3) is 0 Å². The van der Waals surface area contributed by atoms with Crippen LogP contribution in [0.3, 0.4) is 0 Å². The molecule has 0 spiro atoms. The van der Waals surface area contributed by atoms with Crippen LogP contribution in [0.2, 0.25) is 0 Å². The number of carbonyl (C=O) groups excluding carboxylic acids is 2. The van der Waals surface area contributed by atoms with Crippen LogP contribution in [0.15, 0.2) is 61.2 Å². The Balaban J connectivity index is 1.75. The molecule has 0 radical (unpaired) electrons. The van der Waals surface area contributed by atoms with Crippen LogP contribution in [0.1, 0.15) is 34.7 Å². The molecule has 0 aliphatic heterocycles. The van der Waals surface area contributed by atoms with Gasteiger partial charge in [0.1, 0.15) is 0 Å². The number of nitrogens with zero attached hydrogens (tertiary/aromatic N) is 1. The highest BCUT2D eigenvalue weighted by molar-refractivity contribution is 5.95. The zero-order valence-electron chi connectivity index (χ0n) is 16.3. The molecule has 0 bridgehead atoms. The van der Waals surface area contributed by atoms with Crippen molar-refractivity contribution in [3.8, 4) is 0 Å². The molecular formula is C23H27N3O2. The predicted octanol–water partition coefficient (Wildman–Crippen LogP) is 3.50. The molecule has 2 aromatic rings. The van der Waals surface area contributed by atoms with Crippen LogP contribution in [-0.2, 0) is 17.8 Å². The number of aryl methyl sites for hydroxylation is 2. The van der Waals surface area contributed by atoms with Crippen LogP contribution in [-0.4, -0.2) is 29.9 Å². The Morgan fingerprint density at radius 2 is 1.93 bits per heavy atom. The quantitative estimate of drug-likeness (QED) is 0.726. The summed E-state index contributed by atoms with van der Waals surface area (Å²) in [5.74, 6) is -0.307. The lowest BCUT2D eigenvalue weighted by molar-refractivity contribution is -0.121. The molecule has 1 aliphatic carbocycles. The predicted molar refractivity (Wildman–Crippen MR) is 111 cm³/mol. The van der Waals surface area contributed by atoms with E-state index in [4.69, 9.17) is 0 Å². The smallest absolute Gasteiger partial charge is 0.321 e. The van der Waals surface area contributed by atoms with E-state index in [1.165, 1.54) is 16.7 Å². The Bertz CT molecular complexity index is 845. The summed E-state index contributed by atoms with van der Waals surface area (Å²) in [5, 5.41) is 4.98. The summed E-state index contributed by atoms with van der Waals surface area (Å²) in [4.78, 5) is 26.5. The van der Waals surface area contributed by atoms with Crippen molar-refractivity contribution < 1.29 is 9.59 Å². The van der Waals surface area contributed by atoms with Crippen molar-refractivity contribution in [1.29, 1.82) is 0 Å². The van der Waals surface area contributed by atoms with Crippen molar-refractivity contribution in [2.24, 2.45) is 0 Å². The number of rotatable bonds is 7. The Hall–Kier alpha value is -2.92. The van der Waals surface area contributed by atoms with Crippen molar-refractivity contribution in [1.82, 2.24) is 15.5 Å². The highest BCUT2D eigenvalue weighted by atomic mass is 16.2. The van der Waals surface area contributed by atoms with Gasteiger partial charge >= 0.3 is 6.03 Å². The molecule has 1 aliphatic rings. The zero-order chi connectivity index (χ0) is 19.9. The van der Waals surface area contributed by atoms with E-state index >= 15 is 0 Å². The molecule has 5 heteroatoms. The molecule has 0 saturated carbocycles. The molecule has 1 atom stereocenters. The van der Waals surface area contributed by atoms with Gasteiger partial charge in [0.05, 0.1) is 6.54 Å². The fraction of sp³-hybridized carbons (Fsp3) is 0.304. The van der Waals surface area contributed by atoms with Gasteiger partial charge < -0.3 is 5.32 Å². The van der Waals surface area contributed by atoms with Crippen LogP contribution in [0.5, 0.6) is 0 Å². The van der Waals surface area contributed by atoms with E-state index in [0.29, 0.717) is 13.1 Å². The minimum absolute atomic E-state index is 0.161. The normalized spacial score (nSPS) is 15.1. The first-order valence-electron chi connectivity index (χ1n) is 9.63. The lowest BCUT2D eigenvalue weighted by Crippen LogP contribution is -2.45. The second-order valence-corrected chi connectivity index (χ2v) is 7.19. The molecule has 0 heterocycles. The molecule has 1 unspecified atom stereocenters. The second-order valence-electron chi connectivity index (χ2n) is 7.19. The summed E-state index contributed by atoms with van der Waals surface area (Å²) in [5.41, 5.74) is 4.97. The van der Waals surface area contributed by atoms with Gasteiger partial charge in [0.2, 0.25) is 5.91 Å². The van der Waals surface area contributed by atoms with Crippen LogP contribution in [0.4, 0.5) is 4.79 Å². The molecule has 28 heavy (non-hydrogen) atoms. The number of nitrogens with one attached hydrogen (secondary N) is 2. The van der Waals surface area contributed by atoms with E-state index in [0.717, 1.165) is 18.4 Å². The third-order valence-corrected chi connectivity index (χ3v) is 5.05. The minimum atomic E-state index is -0.494. The average molecular weight is 377 g/mol. The fourth-order valence-corrected chi connectivity index (χ4v) is 3.68. The first-order valence-corrected chi connectivity index (χ1v) is 9.63. The monoisotopic (exact) mass is 377 g/mol. The first kappa shape index (κ1) is 19.8. The van der Waals surface area contributed by atoms with Gasteiger partial charge in [-0.3, -0.25) is 15.0 Å². The Labute approximate surface area is 166 Å². The summed E-state index contributed by atoms with van der Waals surface area (Å²) in [6.07, 6.45) is 3.55. The number of fused-ring (bicyclic) bond motifs is 1. The second kappa shape index (κ2) is 9.33. The highest BCUT2D eigenvalue weighted by Crippen LogP contribution is 2.36. The van der Waals surface area contributed by atoms with Crippen LogP contribution < -0.4 is 10.6 Å². The molecule has 0 saturated heterocycles. The Kier molecular flexibility index (Phi) is 6.61. The van der Waals surface area contributed by atoms with Crippen molar-refractivity contribution in [3.05, 3.63) is 83.4 Å².